The van der Waals surface area contributed by atoms with Crippen molar-refractivity contribution in [2.75, 3.05) is 32.0 Å². The quantitative estimate of drug-likeness (QED) is 0.823. The first-order valence-electron chi connectivity index (χ1n) is 8.01. The van der Waals surface area contributed by atoms with Crippen molar-refractivity contribution in [3.8, 4) is 0 Å². The summed E-state index contributed by atoms with van der Waals surface area (Å²) < 4.78 is 0.877. The number of hydrogen-bond acceptors (Lipinski definition) is 3. The van der Waals surface area contributed by atoms with Crippen LogP contribution in [0.1, 0.15) is 19.8 Å². The Morgan fingerprint density at radius 3 is 2.57 bits per heavy atom. The molecule has 2 rings (SSSR count). The summed E-state index contributed by atoms with van der Waals surface area (Å²) in [6.45, 7) is 3.92. The number of amides is 2. The third-order valence-electron chi connectivity index (χ3n) is 4.24. The number of carbonyl (C=O) groups is 2. The van der Waals surface area contributed by atoms with Crippen molar-refractivity contribution in [2.24, 2.45) is 11.8 Å². The van der Waals surface area contributed by atoms with Crippen LogP contribution in [-0.4, -0.2) is 43.4 Å². The molecule has 126 valence electrons. The standard InChI is InChI=1S/C17H24BrN3O2/c1-12(11-19-2)17(23)21-9-7-13(8-10-21)16(22)20-15-6-4-3-5-14(15)18/h3-6,12-13,19H,7-11H2,1-2H3,(H,20,22). The van der Waals surface area contributed by atoms with Crippen molar-refractivity contribution in [1.29, 1.82) is 0 Å². The van der Waals surface area contributed by atoms with Gasteiger partial charge >= 0.3 is 0 Å². The fourth-order valence-electron chi connectivity index (χ4n) is 2.86. The first kappa shape index (κ1) is 17.9. The van der Waals surface area contributed by atoms with Crippen LogP contribution in [-0.2, 0) is 9.59 Å². The number of carbonyl (C=O) groups excluding carboxylic acids is 2. The Hall–Kier alpha value is -1.40. The maximum Gasteiger partial charge on any atom is 0.227 e. The van der Waals surface area contributed by atoms with Gasteiger partial charge < -0.3 is 15.5 Å². The fourth-order valence-corrected chi connectivity index (χ4v) is 3.25. The number of halogens is 1. The van der Waals surface area contributed by atoms with E-state index in [2.05, 4.69) is 26.6 Å². The Morgan fingerprint density at radius 1 is 1.30 bits per heavy atom. The molecule has 1 aliphatic heterocycles. The summed E-state index contributed by atoms with van der Waals surface area (Å²) in [7, 11) is 1.85. The van der Waals surface area contributed by atoms with E-state index in [1.165, 1.54) is 0 Å². The minimum atomic E-state index is -0.0363. The molecule has 2 N–H and O–H groups in total. The molecule has 0 bridgehead atoms. The van der Waals surface area contributed by atoms with E-state index in [-0.39, 0.29) is 23.7 Å². The molecule has 5 nitrogen and oxygen atoms in total. The molecule has 0 radical (unpaired) electrons. The highest BCUT2D eigenvalue weighted by molar-refractivity contribution is 9.10. The van der Waals surface area contributed by atoms with Crippen LogP contribution >= 0.6 is 15.9 Å². The monoisotopic (exact) mass is 381 g/mol. The lowest BCUT2D eigenvalue weighted by Crippen LogP contribution is -2.45. The molecule has 2 amide bonds. The molecule has 0 aromatic heterocycles. The summed E-state index contributed by atoms with van der Waals surface area (Å²) in [5.41, 5.74) is 0.790. The van der Waals surface area contributed by atoms with Gasteiger partial charge in [-0.2, -0.15) is 0 Å². The topological polar surface area (TPSA) is 61.4 Å². The third-order valence-corrected chi connectivity index (χ3v) is 4.93. The Labute approximate surface area is 145 Å². The number of nitrogens with zero attached hydrogens (tertiary/aromatic N) is 1. The summed E-state index contributed by atoms with van der Waals surface area (Å²) >= 11 is 3.43. The van der Waals surface area contributed by atoms with Crippen LogP contribution < -0.4 is 10.6 Å². The van der Waals surface area contributed by atoms with Crippen LogP contribution in [0.4, 0.5) is 5.69 Å². The Morgan fingerprint density at radius 2 is 1.96 bits per heavy atom. The fraction of sp³-hybridized carbons (Fsp3) is 0.529. The zero-order valence-electron chi connectivity index (χ0n) is 13.6. The molecule has 0 saturated carbocycles. The molecule has 1 aromatic rings. The molecular weight excluding hydrogens is 358 g/mol. The van der Waals surface area contributed by atoms with Crippen molar-refractivity contribution in [2.45, 2.75) is 19.8 Å². The van der Waals surface area contributed by atoms with Gasteiger partial charge in [0.1, 0.15) is 0 Å². The summed E-state index contributed by atoms with van der Waals surface area (Å²) in [6, 6.07) is 7.58. The summed E-state index contributed by atoms with van der Waals surface area (Å²) in [5, 5.41) is 6.00. The highest BCUT2D eigenvalue weighted by Crippen LogP contribution is 2.24. The Balaban J connectivity index is 1.85. The lowest BCUT2D eigenvalue weighted by Gasteiger charge is -2.33. The normalized spacial score (nSPS) is 16.9. The molecule has 1 heterocycles. The first-order chi connectivity index (χ1) is 11.0. The van der Waals surface area contributed by atoms with Gasteiger partial charge in [-0.05, 0) is 48.0 Å². The van der Waals surface area contributed by atoms with Gasteiger partial charge in [-0.25, -0.2) is 0 Å². The highest BCUT2D eigenvalue weighted by Gasteiger charge is 2.29. The molecule has 1 aliphatic rings. The van der Waals surface area contributed by atoms with E-state index in [0.29, 0.717) is 32.5 Å². The van der Waals surface area contributed by atoms with Crippen LogP contribution in [0.25, 0.3) is 0 Å². The van der Waals surface area contributed by atoms with Gasteiger partial charge in [-0.1, -0.05) is 19.1 Å². The van der Waals surface area contributed by atoms with Gasteiger partial charge in [0.05, 0.1) is 5.69 Å². The number of piperidine rings is 1. The predicted octanol–water partition coefficient (Wildman–Crippen LogP) is 2.48. The molecular formula is C17H24BrN3O2. The molecule has 1 atom stereocenters. The molecule has 0 aliphatic carbocycles. The predicted molar refractivity (Wildman–Crippen MR) is 95.2 cm³/mol. The summed E-state index contributed by atoms with van der Waals surface area (Å²) in [4.78, 5) is 26.5. The second-order valence-corrected chi connectivity index (χ2v) is 6.88. The average Bonchev–Trinajstić information content (AvgIpc) is 2.56. The van der Waals surface area contributed by atoms with Crippen molar-refractivity contribution >= 4 is 33.4 Å². The van der Waals surface area contributed by atoms with Crippen molar-refractivity contribution < 1.29 is 9.59 Å². The molecule has 1 aromatic carbocycles. The zero-order valence-corrected chi connectivity index (χ0v) is 15.2. The molecule has 23 heavy (non-hydrogen) atoms. The lowest BCUT2D eigenvalue weighted by atomic mass is 9.95. The van der Waals surface area contributed by atoms with E-state index in [1.807, 2.05) is 43.1 Å². The maximum atomic E-state index is 12.4. The Kier molecular flexibility index (Phi) is 6.59. The third kappa shape index (κ3) is 4.78. The number of likely N-dealkylation sites (tertiary alicyclic amines) is 1. The largest absolute Gasteiger partial charge is 0.342 e. The van der Waals surface area contributed by atoms with E-state index >= 15 is 0 Å². The van der Waals surface area contributed by atoms with E-state index in [0.717, 1.165) is 10.2 Å². The second kappa shape index (κ2) is 8.45. The van der Waals surface area contributed by atoms with Crippen LogP contribution in [0.2, 0.25) is 0 Å². The second-order valence-electron chi connectivity index (χ2n) is 6.03. The summed E-state index contributed by atoms with van der Waals surface area (Å²) in [6.07, 6.45) is 1.43. The number of rotatable bonds is 5. The molecule has 1 saturated heterocycles. The first-order valence-corrected chi connectivity index (χ1v) is 8.81. The number of benzene rings is 1. The lowest BCUT2D eigenvalue weighted by molar-refractivity contribution is -0.137. The van der Waals surface area contributed by atoms with Crippen LogP contribution in [0.5, 0.6) is 0 Å². The van der Waals surface area contributed by atoms with E-state index in [4.69, 9.17) is 0 Å². The van der Waals surface area contributed by atoms with Crippen molar-refractivity contribution in [3.05, 3.63) is 28.7 Å². The number of hydrogen-bond donors (Lipinski definition) is 2. The maximum absolute atomic E-state index is 12.4. The van der Waals surface area contributed by atoms with E-state index in [1.54, 1.807) is 0 Å². The van der Waals surface area contributed by atoms with Gasteiger partial charge in [0.25, 0.3) is 0 Å². The smallest absolute Gasteiger partial charge is 0.227 e. The van der Waals surface area contributed by atoms with Gasteiger partial charge in [0.15, 0.2) is 0 Å². The van der Waals surface area contributed by atoms with Crippen molar-refractivity contribution in [1.82, 2.24) is 10.2 Å². The highest BCUT2D eigenvalue weighted by atomic mass is 79.9. The zero-order chi connectivity index (χ0) is 16.8. The summed E-state index contributed by atoms with van der Waals surface area (Å²) in [5.74, 6) is 0.146. The molecule has 0 spiro atoms. The van der Waals surface area contributed by atoms with Crippen molar-refractivity contribution in [3.63, 3.8) is 0 Å². The SMILES string of the molecule is CNCC(C)C(=O)N1CCC(C(=O)Nc2ccccc2Br)CC1. The molecule has 1 unspecified atom stereocenters. The van der Waals surface area contributed by atoms with Gasteiger partial charge in [-0.3, -0.25) is 9.59 Å². The van der Waals surface area contributed by atoms with Gasteiger partial charge in [-0.15, -0.1) is 0 Å². The number of anilines is 1. The van der Waals surface area contributed by atoms with Crippen LogP contribution in [0.15, 0.2) is 28.7 Å². The molecule has 6 heteroatoms. The number of nitrogens with one attached hydrogen (secondary N) is 2. The van der Waals surface area contributed by atoms with Gasteiger partial charge in [0, 0.05) is 35.9 Å². The molecule has 1 fully saturated rings. The van der Waals surface area contributed by atoms with Crippen LogP contribution in [0.3, 0.4) is 0 Å². The number of para-hydroxylation sites is 1. The minimum Gasteiger partial charge on any atom is -0.342 e. The van der Waals surface area contributed by atoms with Gasteiger partial charge in [0.2, 0.25) is 11.8 Å². The van der Waals surface area contributed by atoms with Crippen LogP contribution in [0, 0.1) is 11.8 Å². The Bertz CT molecular complexity index is 557. The minimum absolute atomic E-state index is 0.0225. The van der Waals surface area contributed by atoms with E-state index in [9.17, 15) is 9.59 Å². The average molecular weight is 382 g/mol. The van der Waals surface area contributed by atoms with E-state index < -0.39 is 0 Å².